The number of anilines is 1. The second-order valence-electron chi connectivity index (χ2n) is 4.33. The average Bonchev–Trinajstić information content (AvgIpc) is 2.74. The first-order chi connectivity index (χ1) is 7.45. The Kier molecular flexibility index (Phi) is 2.59. The van der Waals surface area contributed by atoms with Crippen LogP contribution in [0.25, 0.3) is 0 Å². The lowest BCUT2D eigenvalue weighted by Gasteiger charge is -2.27. The first kappa shape index (κ1) is 9.55. The summed E-state index contributed by atoms with van der Waals surface area (Å²) >= 11 is 1.89. The van der Waals surface area contributed by atoms with Gasteiger partial charge in [0.1, 0.15) is 0 Å². The molecule has 2 aliphatic rings. The maximum absolute atomic E-state index is 3.50. The van der Waals surface area contributed by atoms with Crippen LogP contribution in [0.15, 0.2) is 24.3 Å². The first-order valence-corrected chi connectivity index (χ1v) is 6.54. The summed E-state index contributed by atoms with van der Waals surface area (Å²) in [6, 6.07) is 8.70. The van der Waals surface area contributed by atoms with Crippen molar-refractivity contribution in [2.75, 3.05) is 17.8 Å². The van der Waals surface area contributed by atoms with Gasteiger partial charge in [-0.3, -0.25) is 0 Å². The largest absolute Gasteiger partial charge is 0.329 e. The fourth-order valence-electron chi connectivity index (χ4n) is 2.52. The molecule has 3 heteroatoms. The Morgan fingerprint density at radius 2 is 2.20 bits per heavy atom. The topological polar surface area (TPSA) is 24.1 Å². The van der Waals surface area contributed by atoms with Gasteiger partial charge in [-0.05, 0) is 55.4 Å². The molecule has 1 saturated heterocycles. The van der Waals surface area contributed by atoms with E-state index >= 15 is 0 Å². The molecule has 0 saturated carbocycles. The Morgan fingerprint density at radius 3 is 3.07 bits per heavy atom. The number of benzene rings is 1. The minimum Gasteiger partial charge on any atom is -0.329 e. The van der Waals surface area contributed by atoms with Crippen molar-refractivity contribution >= 4 is 17.6 Å². The van der Waals surface area contributed by atoms with Crippen molar-refractivity contribution in [3.05, 3.63) is 29.8 Å². The molecule has 0 radical (unpaired) electrons. The number of hydrogen-bond acceptors (Lipinski definition) is 3. The van der Waals surface area contributed by atoms with E-state index in [1.54, 1.807) is 0 Å². The van der Waals surface area contributed by atoms with Crippen LogP contribution in [0.3, 0.4) is 0 Å². The average molecular weight is 220 g/mol. The molecule has 2 nitrogen and oxygen atoms in total. The monoisotopic (exact) mass is 220 g/mol. The number of hydrogen-bond donors (Lipinski definition) is 2. The Balaban J connectivity index is 1.83. The van der Waals surface area contributed by atoms with Crippen LogP contribution in [-0.4, -0.2) is 13.1 Å². The molecule has 1 fully saturated rings. The Hall–Kier alpha value is -0.670. The van der Waals surface area contributed by atoms with Crippen molar-refractivity contribution in [1.29, 1.82) is 0 Å². The summed E-state index contributed by atoms with van der Waals surface area (Å²) in [6.07, 6.45) is 2.69. The van der Waals surface area contributed by atoms with Crippen LogP contribution in [0.5, 0.6) is 0 Å². The van der Waals surface area contributed by atoms with Gasteiger partial charge in [0.05, 0.1) is 5.25 Å². The second kappa shape index (κ2) is 4.06. The molecule has 2 aliphatic heterocycles. The molecular formula is C12H16N2S. The van der Waals surface area contributed by atoms with E-state index < -0.39 is 0 Å². The third-order valence-corrected chi connectivity index (χ3v) is 4.56. The molecular weight excluding hydrogens is 204 g/mol. The molecule has 1 aromatic carbocycles. The zero-order chi connectivity index (χ0) is 10.1. The molecule has 2 atom stereocenters. The summed E-state index contributed by atoms with van der Waals surface area (Å²) < 4.78 is 3.44. The summed E-state index contributed by atoms with van der Waals surface area (Å²) in [5.41, 5.74) is 2.81. The summed E-state index contributed by atoms with van der Waals surface area (Å²) in [4.78, 5) is 0. The summed E-state index contributed by atoms with van der Waals surface area (Å²) in [6.45, 7) is 2.37. The summed E-state index contributed by atoms with van der Waals surface area (Å²) in [5.74, 6) is 0.792. The van der Waals surface area contributed by atoms with Crippen LogP contribution in [0.2, 0.25) is 0 Å². The SMILES string of the molecule is c1ccc2c(c1)NSC2[C@H]1CCCNC1. The van der Waals surface area contributed by atoms with Gasteiger partial charge < -0.3 is 10.0 Å². The van der Waals surface area contributed by atoms with Crippen LogP contribution >= 0.6 is 11.9 Å². The van der Waals surface area contributed by atoms with E-state index in [0.717, 1.165) is 5.92 Å². The predicted octanol–water partition coefficient (Wildman–Crippen LogP) is 2.80. The molecule has 1 aromatic rings. The molecule has 0 aliphatic carbocycles. The highest BCUT2D eigenvalue weighted by Crippen LogP contribution is 2.47. The highest BCUT2D eigenvalue weighted by Gasteiger charge is 2.31. The van der Waals surface area contributed by atoms with Gasteiger partial charge in [0.15, 0.2) is 0 Å². The van der Waals surface area contributed by atoms with Gasteiger partial charge in [-0.2, -0.15) is 0 Å². The van der Waals surface area contributed by atoms with Gasteiger partial charge in [-0.25, -0.2) is 0 Å². The lowest BCUT2D eigenvalue weighted by Crippen LogP contribution is -2.32. The van der Waals surface area contributed by atoms with Crippen molar-refractivity contribution in [3.63, 3.8) is 0 Å². The van der Waals surface area contributed by atoms with Crippen LogP contribution in [0.4, 0.5) is 5.69 Å². The normalized spacial score (nSPS) is 29.6. The Labute approximate surface area is 95.0 Å². The molecule has 0 amide bonds. The van der Waals surface area contributed by atoms with Gasteiger partial charge in [0, 0.05) is 5.69 Å². The molecule has 2 N–H and O–H groups in total. The zero-order valence-electron chi connectivity index (χ0n) is 8.70. The van der Waals surface area contributed by atoms with E-state index in [4.69, 9.17) is 0 Å². The van der Waals surface area contributed by atoms with Crippen molar-refractivity contribution < 1.29 is 0 Å². The summed E-state index contributed by atoms with van der Waals surface area (Å²) in [7, 11) is 0. The minimum absolute atomic E-state index is 0.647. The van der Waals surface area contributed by atoms with Crippen LogP contribution < -0.4 is 10.0 Å². The third kappa shape index (κ3) is 1.74. The quantitative estimate of drug-likeness (QED) is 0.712. The molecule has 15 heavy (non-hydrogen) atoms. The van der Waals surface area contributed by atoms with E-state index in [2.05, 4.69) is 34.3 Å². The number of rotatable bonds is 1. The van der Waals surface area contributed by atoms with Gasteiger partial charge in [-0.15, -0.1) is 0 Å². The Bertz CT molecular complexity index is 347. The molecule has 3 rings (SSSR count). The standard InChI is InChI=1S/C12H16N2S/c1-2-6-11-10(5-1)12(15-14-11)9-4-3-7-13-8-9/h1-2,5-6,9,12-14H,3-4,7-8H2/t9-,12?/m0/s1. The fourth-order valence-corrected chi connectivity index (χ4v) is 3.71. The number of para-hydroxylation sites is 1. The first-order valence-electron chi connectivity index (χ1n) is 5.66. The smallest absolute Gasteiger partial charge is 0.0556 e. The lowest BCUT2D eigenvalue weighted by molar-refractivity contribution is 0.372. The molecule has 2 heterocycles. The van der Waals surface area contributed by atoms with E-state index in [1.165, 1.54) is 37.2 Å². The van der Waals surface area contributed by atoms with E-state index in [9.17, 15) is 0 Å². The van der Waals surface area contributed by atoms with Gasteiger partial charge in [0.2, 0.25) is 0 Å². The highest BCUT2D eigenvalue weighted by atomic mass is 32.2. The van der Waals surface area contributed by atoms with Gasteiger partial charge >= 0.3 is 0 Å². The predicted molar refractivity (Wildman–Crippen MR) is 66.0 cm³/mol. The van der Waals surface area contributed by atoms with E-state index in [1.807, 2.05) is 11.9 Å². The summed E-state index contributed by atoms with van der Waals surface area (Å²) in [5, 5.41) is 4.15. The molecule has 80 valence electrons. The van der Waals surface area contributed by atoms with Crippen molar-refractivity contribution in [2.45, 2.75) is 18.1 Å². The van der Waals surface area contributed by atoms with Crippen LogP contribution in [0, 0.1) is 5.92 Å². The van der Waals surface area contributed by atoms with E-state index in [0.29, 0.717) is 5.25 Å². The van der Waals surface area contributed by atoms with Crippen molar-refractivity contribution in [2.24, 2.45) is 5.92 Å². The van der Waals surface area contributed by atoms with Crippen LogP contribution in [-0.2, 0) is 0 Å². The lowest BCUT2D eigenvalue weighted by atomic mass is 9.91. The molecule has 0 aromatic heterocycles. The molecule has 0 spiro atoms. The minimum atomic E-state index is 0.647. The Morgan fingerprint density at radius 1 is 1.27 bits per heavy atom. The fraction of sp³-hybridized carbons (Fsp3) is 0.500. The maximum Gasteiger partial charge on any atom is 0.0556 e. The number of fused-ring (bicyclic) bond motifs is 1. The third-order valence-electron chi connectivity index (χ3n) is 3.33. The zero-order valence-corrected chi connectivity index (χ0v) is 9.52. The second-order valence-corrected chi connectivity index (χ2v) is 5.28. The van der Waals surface area contributed by atoms with Gasteiger partial charge in [0.25, 0.3) is 0 Å². The van der Waals surface area contributed by atoms with Gasteiger partial charge in [-0.1, -0.05) is 18.2 Å². The number of nitrogens with one attached hydrogen (secondary N) is 2. The highest BCUT2D eigenvalue weighted by molar-refractivity contribution is 8.01. The maximum atomic E-state index is 3.50. The van der Waals surface area contributed by atoms with Crippen molar-refractivity contribution in [3.8, 4) is 0 Å². The molecule has 1 unspecified atom stereocenters. The number of piperidine rings is 1. The van der Waals surface area contributed by atoms with Crippen LogP contribution in [0.1, 0.15) is 23.7 Å². The van der Waals surface area contributed by atoms with E-state index in [-0.39, 0.29) is 0 Å². The molecule has 0 bridgehead atoms. The van der Waals surface area contributed by atoms with Crippen molar-refractivity contribution in [1.82, 2.24) is 5.32 Å².